The molecule has 0 radical (unpaired) electrons. The highest BCUT2D eigenvalue weighted by molar-refractivity contribution is 8.93. The first-order valence-electron chi connectivity index (χ1n) is 10.8. The molecular weight excluding hydrogens is 457 g/mol. The predicted octanol–water partition coefficient (Wildman–Crippen LogP) is 4.89. The van der Waals surface area contributed by atoms with Crippen LogP contribution in [0, 0.1) is 0 Å². The Morgan fingerprint density at radius 3 is 1.44 bits per heavy atom. The maximum atomic E-state index is 4.07. The van der Waals surface area contributed by atoms with Crippen LogP contribution in [0.4, 0.5) is 0 Å². The van der Waals surface area contributed by atoms with Gasteiger partial charge in [-0.05, 0) is 38.6 Å². The smallest absolute Gasteiger partial charge is 0.119 e. The van der Waals surface area contributed by atoms with Gasteiger partial charge in [-0.25, -0.2) is 0 Å². The minimum Gasteiger partial charge on any atom is -1.00 e. The molecule has 0 spiro atoms. The number of hydrogen-bond donors (Lipinski definition) is 1. The second-order valence-electron chi connectivity index (χ2n) is 7.42. The molecule has 0 aliphatic heterocycles. The Balaban J connectivity index is -0.00000242. The van der Waals surface area contributed by atoms with Crippen LogP contribution < -0.4 is 22.3 Å². The summed E-state index contributed by atoms with van der Waals surface area (Å²) in [5, 5.41) is 4.07. The minimum atomic E-state index is -0.832. The summed E-state index contributed by atoms with van der Waals surface area (Å²) in [7, 11) is -0.832. The second-order valence-corrected chi connectivity index (χ2v) is 11.8. The van der Waals surface area contributed by atoms with Gasteiger partial charge >= 0.3 is 0 Å². The van der Waals surface area contributed by atoms with E-state index in [2.05, 4.69) is 39.9 Å². The van der Waals surface area contributed by atoms with Crippen molar-refractivity contribution >= 4 is 24.2 Å². The topological polar surface area (TPSA) is 12.0 Å². The predicted molar refractivity (Wildman–Crippen MR) is 123 cm³/mol. The molecule has 0 rings (SSSR count). The van der Waals surface area contributed by atoms with E-state index in [-0.39, 0.29) is 34.0 Å². The van der Waals surface area contributed by atoms with Crippen LogP contribution in [-0.2, 0) is 0 Å². The highest BCUT2D eigenvalue weighted by Gasteiger charge is 2.43. The molecule has 4 heteroatoms. The van der Waals surface area contributed by atoms with Crippen molar-refractivity contribution in [2.75, 3.05) is 25.0 Å². The fraction of sp³-hybridized carbons (Fsp3) is 1.00. The first kappa shape index (κ1) is 31.1. The lowest BCUT2D eigenvalue weighted by molar-refractivity contribution is -0.00000549. The van der Waals surface area contributed by atoms with Crippen LogP contribution in [0.5, 0.6) is 0 Å². The van der Waals surface area contributed by atoms with E-state index in [4.69, 9.17) is 0 Å². The third-order valence-electron chi connectivity index (χ3n) is 5.25. The van der Waals surface area contributed by atoms with E-state index in [9.17, 15) is 0 Å². The number of nitrogens with one attached hydrogen (secondary N) is 1. The molecule has 1 unspecified atom stereocenters. The van der Waals surface area contributed by atoms with Gasteiger partial charge < -0.3 is 17.0 Å². The van der Waals surface area contributed by atoms with Crippen LogP contribution in [0.3, 0.4) is 0 Å². The lowest BCUT2D eigenvalue weighted by Crippen LogP contribution is -3.00. The lowest BCUT2D eigenvalue weighted by Gasteiger charge is -2.36. The monoisotopic (exact) mass is 503 g/mol. The van der Waals surface area contributed by atoms with Crippen molar-refractivity contribution < 1.29 is 17.0 Å². The molecule has 25 heavy (non-hydrogen) atoms. The summed E-state index contributed by atoms with van der Waals surface area (Å²) in [6.45, 7) is 13.1. The minimum absolute atomic E-state index is 0. The van der Waals surface area contributed by atoms with Crippen LogP contribution in [0.1, 0.15) is 105 Å². The molecule has 0 aromatic carbocycles. The molecule has 0 aliphatic rings. The highest BCUT2D eigenvalue weighted by Crippen LogP contribution is 2.65. The standard InChI is InChI=1S/C21H47NP.2BrH/c1-6-11-15-17-22-21(16-10-5)23(18-12-7-2,19-13-8-3)20-14-9-4;;/h21-22H,6-20H2,1-5H3;2*1H/q+1;;/p-1. The van der Waals surface area contributed by atoms with Crippen LogP contribution >= 0.6 is 24.2 Å². The zero-order valence-electron chi connectivity index (χ0n) is 17.9. The molecule has 0 saturated carbocycles. The van der Waals surface area contributed by atoms with Crippen molar-refractivity contribution in [1.82, 2.24) is 5.32 Å². The van der Waals surface area contributed by atoms with Gasteiger partial charge in [-0.3, -0.25) is 5.32 Å². The van der Waals surface area contributed by atoms with E-state index in [1.54, 1.807) is 18.5 Å². The third kappa shape index (κ3) is 14.1. The SMILES string of the molecule is Br.CCCCCNC(CCC)[P+](CCCC)(CCCC)CCCC.[Br-]. The molecule has 0 saturated heterocycles. The summed E-state index contributed by atoms with van der Waals surface area (Å²) in [6.07, 6.45) is 20.0. The normalized spacial score (nSPS) is 12.4. The number of halogens is 2. The van der Waals surface area contributed by atoms with Crippen LogP contribution in [0.25, 0.3) is 0 Å². The fourth-order valence-electron chi connectivity index (χ4n) is 3.71. The largest absolute Gasteiger partial charge is 1.00 e. The maximum Gasteiger partial charge on any atom is 0.119 e. The molecule has 0 heterocycles. The Labute approximate surface area is 182 Å². The molecule has 0 bridgehead atoms. The van der Waals surface area contributed by atoms with E-state index in [0.29, 0.717) is 0 Å². The zero-order valence-corrected chi connectivity index (χ0v) is 22.1. The molecule has 0 fully saturated rings. The van der Waals surface area contributed by atoms with Crippen molar-refractivity contribution in [3.8, 4) is 0 Å². The van der Waals surface area contributed by atoms with E-state index < -0.39 is 7.26 Å². The highest BCUT2D eigenvalue weighted by atomic mass is 79.9. The first-order chi connectivity index (χ1) is 11.2. The van der Waals surface area contributed by atoms with Crippen molar-refractivity contribution in [1.29, 1.82) is 0 Å². The number of rotatable bonds is 17. The van der Waals surface area contributed by atoms with Crippen molar-refractivity contribution in [2.45, 2.75) is 111 Å². The molecule has 1 N–H and O–H groups in total. The summed E-state index contributed by atoms with van der Waals surface area (Å²) in [5.74, 6) is 0.856. The number of unbranched alkanes of at least 4 members (excludes halogenated alkanes) is 5. The first-order valence-corrected chi connectivity index (χ1v) is 13.2. The van der Waals surface area contributed by atoms with Crippen LogP contribution in [0.15, 0.2) is 0 Å². The van der Waals surface area contributed by atoms with Gasteiger partial charge in [-0.1, -0.05) is 73.1 Å². The van der Waals surface area contributed by atoms with Crippen molar-refractivity contribution in [3.05, 3.63) is 0 Å². The van der Waals surface area contributed by atoms with Gasteiger partial charge in [-0.2, -0.15) is 0 Å². The molecule has 0 aromatic heterocycles. The summed E-state index contributed by atoms with van der Waals surface area (Å²) in [6, 6.07) is 0. The van der Waals surface area contributed by atoms with E-state index in [1.165, 1.54) is 77.2 Å². The molecule has 156 valence electrons. The summed E-state index contributed by atoms with van der Waals surface area (Å²) < 4.78 is 0. The Morgan fingerprint density at radius 2 is 1.08 bits per heavy atom. The zero-order chi connectivity index (χ0) is 17.4. The molecular formula is C21H48Br2NP. The quantitative estimate of drug-likeness (QED) is 0.219. The van der Waals surface area contributed by atoms with E-state index in [1.807, 2.05) is 0 Å². The average Bonchev–Trinajstić information content (AvgIpc) is 2.57. The van der Waals surface area contributed by atoms with Gasteiger partial charge in [-0.15, -0.1) is 17.0 Å². The van der Waals surface area contributed by atoms with E-state index in [0.717, 1.165) is 5.78 Å². The molecule has 1 atom stereocenters. The van der Waals surface area contributed by atoms with Gasteiger partial charge in [0.2, 0.25) is 0 Å². The summed E-state index contributed by atoms with van der Waals surface area (Å²) in [4.78, 5) is 0. The van der Waals surface area contributed by atoms with E-state index >= 15 is 0 Å². The summed E-state index contributed by atoms with van der Waals surface area (Å²) in [5.41, 5.74) is 0. The van der Waals surface area contributed by atoms with Crippen molar-refractivity contribution in [3.63, 3.8) is 0 Å². The van der Waals surface area contributed by atoms with Crippen LogP contribution in [0.2, 0.25) is 0 Å². The Hall–Kier alpha value is 1.35. The van der Waals surface area contributed by atoms with Crippen LogP contribution in [-0.4, -0.2) is 30.8 Å². The average molecular weight is 505 g/mol. The summed E-state index contributed by atoms with van der Waals surface area (Å²) >= 11 is 0. The van der Waals surface area contributed by atoms with Crippen molar-refractivity contribution in [2.24, 2.45) is 0 Å². The van der Waals surface area contributed by atoms with Gasteiger partial charge in [0.15, 0.2) is 0 Å². The van der Waals surface area contributed by atoms with Gasteiger partial charge in [0.05, 0.1) is 18.5 Å². The third-order valence-corrected chi connectivity index (χ3v) is 10.6. The molecule has 0 amide bonds. The molecule has 0 aromatic rings. The Bertz CT molecular complexity index is 230. The lowest BCUT2D eigenvalue weighted by atomic mass is 10.2. The molecule has 0 aliphatic carbocycles. The van der Waals surface area contributed by atoms with Gasteiger partial charge in [0.1, 0.15) is 5.78 Å². The van der Waals surface area contributed by atoms with Gasteiger partial charge in [0.25, 0.3) is 0 Å². The fourth-order valence-corrected chi connectivity index (χ4v) is 9.47. The molecule has 1 nitrogen and oxygen atoms in total. The van der Waals surface area contributed by atoms with Gasteiger partial charge in [0, 0.05) is 7.26 Å². The maximum absolute atomic E-state index is 4.07. The second kappa shape index (κ2) is 21.6. The number of hydrogen-bond acceptors (Lipinski definition) is 1. The Morgan fingerprint density at radius 1 is 0.640 bits per heavy atom. The Kier molecular flexibility index (Phi) is 26.9.